The molecule has 2 bridgehead atoms. The van der Waals surface area contributed by atoms with Gasteiger partial charge in [0.2, 0.25) is 0 Å². The first kappa shape index (κ1) is 13.7. The molecule has 0 amide bonds. The van der Waals surface area contributed by atoms with Gasteiger partial charge in [-0.2, -0.15) is 0 Å². The lowest BCUT2D eigenvalue weighted by Gasteiger charge is -2.24. The Hall–Kier alpha value is -1.22. The molecule has 3 heteroatoms. The number of methoxy groups -OCH3 is 1. The Morgan fingerprint density at radius 1 is 1.35 bits per heavy atom. The molecule has 0 heterocycles. The molecule has 3 rings (SSSR count). The number of phenols is 1. The van der Waals surface area contributed by atoms with Crippen molar-refractivity contribution in [1.29, 1.82) is 0 Å². The average Bonchev–Trinajstić information content (AvgIpc) is 3.07. The molecule has 2 saturated carbocycles. The molecule has 4 atom stereocenters. The second-order valence-electron chi connectivity index (χ2n) is 6.49. The summed E-state index contributed by atoms with van der Waals surface area (Å²) in [7, 11) is 1.66. The lowest BCUT2D eigenvalue weighted by molar-refractivity contribution is 0.308. The van der Waals surface area contributed by atoms with Gasteiger partial charge in [-0.1, -0.05) is 6.42 Å². The molecule has 2 aliphatic rings. The molecular formula is C17H25NO2. The van der Waals surface area contributed by atoms with Gasteiger partial charge in [0.25, 0.3) is 0 Å². The zero-order valence-electron chi connectivity index (χ0n) is 12.4. The summed E-state index contributed by atoms with van der Waals surface area (Å²) in [5.41, 5.74) is 0.924. The van der Waals surface area contributed by atoms with Crippen molar-refractivity contribution in [1.82, 2.24) is 5.32 Å². The number of hydrogen-bond donors (Lipinski definition) is 2. The highest BCUT2D eigenvalue weighted by molar-refractivity contribution is 5.41. The van der Waals surface area contributed by atoms with Crippen LogP contribution in [0.3, 0.4) is 0 Å². The average molecular weight is 275 g/mol. The Balaban J connectivity index is 1.60. The third-order valence-corrected chi connectivity index (χ3v) is 5.27. The summed E-state index contributed by atoms with van der Waals surface area (Å²) in [6.45, 7) is 3.18. The van der Waals surface area contributed by atoms with Gasteiger partial charge in [0, 0.05) is 11.6 Å². The smallest absolute Gasteiger partial charge is 0.120 e. The predicted octanol–water partition coefficient (Wildman–Crippen LogP) is 3.49. The maximum Gasteiger partial charge on any atom is 0.120 e. The van der Waals surface area contributed by atoms with Crippen molar-refractivity contribution in [3.63, 3.8) is 0 Å². The van der Waals surface area contributed by atoms with E-state index in [1.165, 1.54) is 25.7 Å². The standard InChI is InChI=1S/C17H25NO2/c1-11(16-9-15(20-2)5-6-17(16)19)18-10-14-8-12-3-4-13(14)7-12/h5-6,9,11-14,18-19H,3-4,7-8,10H2,1-2H3. The zero-order chi connectivity index (χ0) is 14.1. The highest BCUT2D eigenvalue weighted by Crippen LogP contribution is 2.48. The summed E-state index contributed by atoms with van der Waals surface area (Å²) in [5, 5.41) is 13.6. The van der Waals surface area contributed by atoms with Crippen LogP contribution in [0.15, 0.2) is 18.2 Å². The Morgan fingerprint density at radius 2 is 2.20 bits per heavy atom. The van der Waals surface area contributed by atoms with E-state index in [4.69, 9.17) is 4.74 Å². The van der Waals surface area contributed by atoms with Crippen LogP contribution in [0.4, 0.5) is 0 Å². The van der Waals surface area contributed by atoms with E-state index in [1.807, 2.05) is 6.07 Å². The monoisotopic (exact) mass is 275 g/mol. The summed E-state index contributed by atoms with van der Waals surface area (Å²) in [4.78, 5) is 0. The second kappa shape index (κ2) is 5.65. The number of ether oxygens (including phenoxy) is 1. The van der Waals surface area contributed by atoms with Crippen LogP contribution in [0.2, 0.25) is 0 Å². The molecule has 0 radical (unpaired) electrons. The van der Waals surface area contributed by atoms with Crippen LogP contribution in [0.5, 0.6) is 11.5 Å². The van der Waals surface area contributed by atoms with Crippen LogP contribution in [0.1, 0.15) is 44.2 Å². The lowest BCUT2D eigenvalue weighted by atomic mass is 9.88. The Morgan fingerprint density at radius 3 is 2.85 bits per heavy atom. The first-order valence-corrected chi connectivity index (χ1v) is 7.77. The van der Waals surface area contributed by atoms with Crippen molar-refractivity contribution in [2.24, 2.45) is 17.8 Å². The van der Waals surface area contributed by atoms with Gasteiger partial charge in [-0.25, -0.2) is 0 Å². The maximum atomic E-state index is 10.0. The number of nitrogens with one attached hydrogen (secondary N) is 1. The molecule has 4 unspecified atom stereocenters. The van der Waals surface area contributed by atoms with Gasteiger partial charge in [-0.3, -0.25) is 0 Å². The molecule has 2 fully saturated rings. The summed E-state index contributed by atoms with van der Waals surface area (Å²) in [5.74, 6) is 3.92. The molecule has 0 aliphatic heterocycles. The maximum absolute atomic E-state index is 10.0. The molecule has 20 heavy (non-hydrogen) atoms. The number of rotatable bonds is 5. The van der Waals surface area contributed by atoms with Gasteiger partial charge in [0.1, 0.15) is 11.5 Å². The summed E-state index contributed by atoms with van der Waals surface area (Å²) >= 11 is 0. The van der Waals surface area contributed by atoms with Crippen molar-refractivity contribution >= 4 is 0 Å². The Kier molecular flexibility index (Phi) is 3.88. The molecule has 0 saturated heterocycles. The van der Waals surface area contributed by atoms with E-state index in [-0.39, 0.29) is 6.04 Å². The van der Waals surface area contributed by atoms with Gasteiger partial charge in [-0.05, 0) is 68.7 Å². The number of phenolic OH excluding ortho intramolecular Hbond substituents is 1. The SMILES string of the molecule is COc1ccc(O)c(C(C)NCC2CC3CCC2C3)c1. The highest BCUT2D eigenvalue weighted by Gasteiger charge is 2.39. The number of hydrogen-bond acceptors (Lipinski definition) is 3. The van der Waals surface area contributed by atoms with Crippen molar-refractivity contribution in [2.75, 3.05) is 13.7 Å². The molecule has 1 aromatic rings. The van der Waals surface area contributed by atoms with Crippen molar-refractivity contribution in [3.05, 3.63) is 23.8 Å². The molecule has 3 nitrogen and oxygen atoms in total. The molecule has 2 N–H and O–H groups in total. The quantitative estimate of drug-likeness (QED) is 0.864. The van der Waals surface area contributed by atoms with Crippen LogP contribution >= 0.6 is 0 Å². The zero-order valence-corrected chi connectivity index (χ0v) is 12.4. The van der Waals surface area contributed by atoms with E-state index in [2.05, 4.69) is 12.2 Å². The van der Waals surface area contributed by atoms with Crippen LogP contribution in [0.25, 0.3) is 0 Å². The van der Waals surface area contributed by atoms with E-state index in [0.29, 0.717) is 5.75 Å². The Bertz CT molecular complexity index is 474. The first-order chi connectivity index (χ1) is 9.67. The third kappa shape index (κ3) is 2.64. The van der Waals surface area contributed by atoms with Crippen LogP contribution in [-0.2, 0) is 0 Å². The molecule has 110 valence electrons. The molecule has 1 aromatic carbocycles. The minimum absolute atomic E-state index is 0.157. The van der Waals surface area contributed by atoms with E-state index in [1.54, 1.807) is 19.2 Å². The minimum atomic E-state index is 0.157. The van der Waals surface area contributed by atoms with E-state index in [9.17, 15) is 5.11 Å². The predicted molar refractivity (Wildman–Crippen MR) is 80.0 cm³/mol. The summed E-state index contributed by atoms with van der Waals surface area (Å²) in [6, 6.07) is 5.59. The van der Waals surface area contributed by atoms with Gasteiger partial charge in [0.05, 0.1) is 7.11 Å². The summed E-state index contributed by atoms with van der Waals surface area (Å²) in [6.07, 6.45) is 5.73. The van der Waals surface area contributed by atoms with Crippen molar-refractivity contribution < 1.29 is 9.84 Å². The van der Waals surface area contributed by atoms with Gasteiger partial charge in [0.15, 0.2) is 0 Å². The van der Waals surface area contributed by atoms with Crippen LogP contribution < -0.4 is 10.1 Å². The van der Waals surface area contributed by atoms with Gasteiger partial charge < -0.3 is 15.2 Å². The van der Waals surface area contributed by atoms with Crippen molar-refractivity contribution in [3.8, 4) is 11.5 Å². The van der Waals surface area contributed by atoms with E-state index >= 15 is 0 Å². The van der Waals surface area contributed by atoms with E-state index < -0.39 is 0 Å². The lowest BCUT2D eigenvalue weighted by Crippen LogP contribution is -2.28. The Labute approximate surface area is 121 Å². The van der Waals surface area contributed by atoms with Crippen molar-refractivity contribution in [2.45, 2.75) is 38.6 Å². The number of aromatic hydroxyl groups is 1. The molecule has 2 aliphatic carbocycles. The van der Waals surface area contributed by atoms with Gasteiger partial charge >= 0.3 is 0 Å². The normalized spacial score (nSPS) is 29.6. The number of benzene rings is 1. The fraction of sp³-hybridized carbons (Fsp3) is 0.647. The largest absolute Gasteiger partial charge is 0.508 e. The summed E-state index contributed by atoms with van der Waals surface area (Å²) < 4.78 is 5.24. The van der Waals surface area contributed by atoms with Crippen LogP contribution in [0, 0.1) is 17.8 Å². The highest BCUT2D eigenvalue weighted by atomic mass is 16.5. The fourth-order valence-electron chi connectivity index (χ4n) is 4.07. The fourth-order valence-corrected chi connectivity index (χ4v) is 4.07. The number of fused-ring (bicyclic) bond motifs is 2. The minimum Gasteiger partial charge on any atom is -0.508 e. The molecule has 0 spiro atoms. The van der Waals surface area contributed by atoms with Crippen LogP contribution in [-0.4, -0.2) is 18.8 Å². The molecular weight excluding hydrogens is 250 g/mol. The third-order valence-electron chi connectivity index (χ3n) is 5.27. The topological polar surface area (TPSA) is 41.5 Å². The van der Waals surface area contributed by atoms with E-state index in [0.717, 1.165) is 35.6 Å². The second-order valence-corrected chi connectivity index (χ2v) is 6.49. The molecule has 0 aromatic heterocycles. The first-order valence-electron chi connectivity index (χ1n) is 7.77. The van der Waals surface area contributed by atoms with Gasteiger partial charge in [-0.15, -0.1) is 0 Å².